The van der Waals surface area contributed by atoms with E-state index in [0.717, 1.165) is 0 Å². The predicted molar refractivity (Wildman–Crippen MR) is 90.2 cm³/mol. The van der Waals surface area contributed by atoms with Gasteiger partial charge in [-0.05, 0) is 0 Å². The Labute approximate surface area is 135 Å². The zero-order valence-electron chi connectivity index (χ0n) is 14.7. The maximum atomic E-state index is 8.56. The van der Waals surface area contributed by atoms with Crippen LogP contribution in [0.25, 0.3) is 0 Å². The highest BCUT2D eigenvalue weighted by Gasteiger charge is 1.80. The minimum Gasteiger partial charge on any atom is -0.450 e. The molecule has 0 aliphatic carbocycles. The van der Waals surface area contributed by atoms with E-state index in [2.05, 4.69) is 27.7 Å². The summed E-state index contributed by atoms with van der Waals surface area (Å²) in [5.74, 6) is 0. The van der Waals surface area contributed by atoms with Gasteiger partial charge in [0.15, 0.2) is 0 Å². The smallest absolute Gasteiger partial charge is 0.450 e. The van der Waals surface area contributed by atoms with Gasteiger partial charge in [0.2, 0.25) is 0 Å². The molecule has 22 heavy (non-hydrogen) atoms. The fourth-order valence-corrected chi connectivity index (χ4v) is 1.35. The van der Waals surface area contributed by atoms with Crippen molar-refractivity contribution < 1.29 is 30.0 Å². The third kappa shape index (κ3) is 133. The Bertz CT molecular complexity index is 169. The van der Waals surface area contributed by atoms with Crippen molar-refractivity contribution in [1.29, 1.82) is 0 Å². The van der Waals surface area contributed by atoms with E-state index in [9.17, 15) is 0 Å². The summed E-state index contributed by atoms with van der Waals surface area (Å²) in [5, 5.41) is 27.9. The molecule has 0 atom stereocenters. The fraction of sp³-hybridized carbons (Fsp3) is 0.875. The lowest BCUT2D eigenvalue weighted by Gasteiger charge is -1.90. The van der Waals surface area contributed by atoms with Gasteiger partial charge in [-0.25, -0.2) is 9.59 Å². The van der Waals surface area contributed by atoms with E-state index < -0.39 is 12.3 Å². The van der Waals surface area contributed by atoms with Gasteiger partial charge in [0.05, 0.1) is 0 Å². The van der Waals surface area contributed by atoms with Crippen LogP contribution >= 0.6 is 0 Å². The number of carboxylic acid groups (broad SMARTS) is 4. The molecule has 0 rings (SSSR count). The largest absolute Gasteiger partial charge is 0.503 e. The zero-order chi connectivity index (χ0) is 18.2. The van der Waals surface area contributed by atoms with Crippen LogP contribution in [0.4, 0.5) is 9.59 Å². The van der Waals surface area contributed by atoms with Crippen LogP contribution in [0, 0.1) is 0 Å². The van der Waals surface area contributed by atoms with E-state index in [1.807, 2.05) is 0 Å². The van der Waals surface area contributed by atoms with Gasteiger partial charge in [-0.1, -0.05) is 91.9 Å². The van der Waals surface area contributed by atoms with Crippen LogP contribution in [0.15, 0.2) is 0 Å². The summed E-state index contributed by atoms with van der Waals surface area (Å²) in [6.45, 7) is 8.98. The number of hydrogen-bond acceptors (Lipinski definition) is 2. The van der Waals surface area contributed by atoms with Gasteiger partial charge in [0.1, 0.15) is 0 Å². The first-order valence-electron chi connectivity index (χ1n) is 8.13. The van der Waals surface area contributed by atoms with Crippen molar-refractivity contribution in [2.75, 3.05) is 0 Å². The average molecular weight is 324 g/mol. The molecule has 0 aromatic carbocycles. The Morgan fingerprint density at radius 1 is 0.500 bits per heavy atom. The third-order valence-electron chi connectivity index (χ3n) is 2.41. The molecule has 0 radical (unpaired) electrons. The van der Waals surface area contributed by atoms with Gasteiger partial charge >= 0.3 is 12.3 Å². The van der Waals surface area contributed by atoms with Gasteiger partial charge < -0.3 is 20.4 Å². The minimum absolute atomic E-state index is 1.36. The molecule has 6 heteroatoms. The average Bonchev–Trinajstić information content (AvgIpc) is 2.39. The Balaban J connectivity index is -0.000000102. The van der Waals surface area contributed by atoms with Crippen molar-refractivity contribution in [3.05, 3.63) is 0 Å². The molecule has 0 spiro atoms. The summed E-state index contributed by atoms with van der Waals surface area (Å²) < 4.78 is 0. The summed E-state index contributed by atoms with van der Waals surface area (Å²) in [7, 11) is 0. The van der Waals surface area contributed by atoms with Crippen molar-refractivity contribution in [2.24, 2.45) is 0 Å². The summed E-state index contributed by atoms with van der Waals surface area (Å²) in [5.41, 5.74) is 0. The zero-order valence-corrected chi connectivity index (χ0v) is 14.7. The highest BCUT2D eigenvalue weighted by atomic mass is 16.6. The molecule has 0 amide bonds. The van der Waals surface area contributed by atoms with Crippen molar-refractivity contribution in [2.45, 2.75) is 91.9 Å². The lowest BCUT2D eigenvalue weighted by atomic mass is 10.2. The highest BCUT2D eigenvalue weighted by molar-refractivity contribution is 5.53. The van der Waals surface area contributed by atoms with Crippen LogP contribution in [0.2, 0.25) is 0 Å². The topological polar surface area (TPSA) is 115 Å². The molecule has 0 fully saturated rings. The lowest BCUT2D eigenvalue weighted by molar-refractivity contribution is 0.135. The monoisotopic (exact) mass is 324 g/mol. The van der Waals surface area contributed by atoms with Crippen LogP contribution in [-0.2, 0) is 0 Å². The van der Waals surface area contributed by atoms with E-state index in [0.29, 0.717) is 0 Å². The molecule has 6 nitrogen and oxygen atoms in total. The molecular formula is C16H36O6. The van der Waals surface area contributed by atoms with Crippen molar-refractivity contribution in [3.8, 4) is 0 Å². The molecule has 0 aromatic rings. The summed E-state index contributed by atoms with van der Waals surface area (Å²) in [6.07, 6.45) is 10.4. The van der Waals surface area contributed by atoms with Gasteiger partial charge in [0, 0.05) is 0 Å². The van der Waals surface area contributed by atoms with Gasteiger partial charge in [0.25, 0.3) is 0 Å². The second kappa shape index (κ2) is 31.8. The quantitative estimate of drug-likeness (QED) is 0.384. The van der Waals surface area contributed by atoms with E-state index in [1.165, 1.54) is 64.2 Å². The SMILES string of the molecule is CCCCCCC.CCCCCCC.O=C(O)O.O=C(O)O. The number of rotatable bonds is 8. The van der Waals surface area contributed by atoms with E-state index >= 15 is 0 Å². The van der Waals surface area contributed by atoms with Crippen LogP contribution in [0.5, 0.6) is 0 Å². The number of unbranched alkanes of at least 4 members (excludes halogenated alkanes) is 8. The van der Waals surface area contributed by atoms with Crippen molar-refractivity contribution in [1.82, 2.24) is 0 Å². The Hall–Kier alpha value is -1.46. The van der Waals surface area contributed by atoms with Gasteiger partial charge in [-0.2, -0.15) is 0 Å². The molecule has 0 aliphatic heterocycles. The highest BCUT2D eigenvalue weighted by Crippen LogP contribution is 2.00. The molecule has 0 aliphatic rings. The molecule has 0 unspecified atom stereocenters. The normalized spacial score (nSPS) is 8.18. The van der Waals surface area contributed by atoms with Gasteiger partial charge in [-0.15, -0.1) is 0 Å². The molecule has 0 aromatic heterocycles. The first-order chi connectivity index (χ1) is 10.3. The summed E-state index contributed by atoms with van der Waals surface area (Å²) >= 11 is 0. The van der Waals surface area contributed by atoms with Crippen LogP contribution in [-0.4, -0.2) is 32.7 Å². The molecule has 4 N–H and O–H groups in total. The minimum atomic E-state index is -1.83. The molecule has 0 saturated heterocycles. The second-order valence-corrected chi connectivity index (χ2v) is 4.69. The Kier molecular flexibility index (Phi) is 41.4. The standard InChI is InChI=1S/2C7H16.2CH2O3/c2*1-3-5-7-6-4-2;2*2-1(3)4/h2*3-7H2,1-2H3;2*(H2,2,3,4). The van der Waals surface area contributed by atoms with E-state index in [1.54, 1.807) is 0 Å². The van der Waals surface area contributed by atoms with Crippen LogP contribution < -0.4 is 0 Å². The third-order valence-corrected chi connectivity index (χ3v) is 2.41. The number of carbonyl (C=O) groups is 2. The molecule has 0 heterocycles. The predicted octanol–water partition coefficient (Wildman–Crippen LogP) is 6.40. The first-order valence-corrected chi connectivity index (χ1v) is 8.13. The number of hydrogen-bond donors (Lipinski definition) is 4. The maximum absolute atomic E-state index is 8.56. The Morgan fingerprint density at radius 3 is 0.727 bits per heavy atom. The van der Waals surface area contributed by atoms with E-state index in [-0.39, 0.29) is 0 Å². The van der Waals surface area contributed by atoms with Crippen molar-refractivity contribution in [3.63, 3.8) is 0 Å². The Morgan fingerprint density at radius 2 is 0.636 bits per heavy atom. The molecular weight excluding hydrogens is 288 g/mol. The van der Waals surface area contributed by atoms with Crippen LogP contribution in [0.1, 0.15) is 91.9 Å². The summed E-state index contributed by atoms with van der Waals surface area (Å²) in [4.78, 5) is 17.1. The molecule has 136 valence electrons. The molecule has 0 saturated carbocycles. The first kappa shape index (κ1) is 28.7. The molecule has 0 bridgehead atoms. The lowest BCUT2D eigenvalue weighted by Crippen LogP contribution is -1.81. The maximum Gasteiger partial charge on any atom is 0.503 e. The summed E-state index contributed by atoms with van der Waals surface area (Å²) in [6, 6.07) is 0. The fourth-order valence-electron chi connectivity index (χ4n) is 1.35. The van der Waals surface area contributed by atoms with Crippen LogP contribution in [0.3, 0.4) is 0 Å². The van der Waals surface area contributed by atoms with E-state index in [4.69, 9.17) is 30.0 Å². The second-order valence-electron chi connectivity index (χ2n) is 4.69. The van der Waals surface area contributed by atoms with Gasteiger partial charge in [-0.3, -0.25) is 0 Å². The van der Waals surface area contributed by atoms with Crippen molar-refractivity contribution >= 4 is 12.3 Å².